The standard InChI is InChI=1S/C20H21N3O4S/c24-19-9-3-10-22(19)17-7-1-5-15(13-17)20(25)21-16-6-2-8-18(14-16)23-11-4-12-28(23,26)27/h1-2,5-8,13-14H,3-4,9-12H2,(H,21,25). The molecule has 2 aliphatic rings. The lowest BCUT2D eigenvalue weighted by Crippen LogP contribution is -2.25. The van der Waals surface area contributed by atoms with Crippen LogP contribution in [0.3, 0.4) is 0 Å². The number of carbonyl (C=O) groups excluding carboxylic acids is 2. The summed E-state index contributed by atoms with van der Waals surface area (Å²) in [6, 6.07) is 13.8. The van der Waals surface area contributed by atoms with Crippen LogP contribution in [0, 0.1) is 0 Å². The lowest BCUT2D eigenvalue weighted by molar-refractivity contribution is -0.117. The molecule has 2 aliphatic heterocycles. The fourth-order valence-corrected chi connectivity index (χ4v) is 5.16. The molecule has 2 aromatic rings. The van der Waals surface area contributed by atoms with E-state index >= 15 is 0 Å². The van der Waals surface area contributed by atoms with Crippen molar-refractivity contribution < 1.29 is 18.0 Å². The van der Waals surface area contributed by atoms with E-state index in [0.29, 0.717) is 48.6 Å². The van der Waals surface area contributed by atoms with Crippen LogP contribution in [-0.4, -0.2) is 39.1 Å². The Hall–Kier alpha value is -2.87. The average molecular weight is 399 g/mol. The van der Waals surface area contributed by atoms with E-state index in [0.717, 1.165) is 6.42 Å². The summed E-state index contributed by atoms with van der Waals surface area (Å²) in [5, 5.41) is 2.81. The van der Waals surface area contributed by atoms with Crippen LogP contribution in [0.25, 0.3) is 0 Å². The maximum atomic E-state index is 12.7. The molecular formula is C20H21N3O4S. The highest BCUT2D eigenvalue weighted by Crippen LogP contribution is 2.27. The summed E-state index contributed by atoms with van der Waals surface area (Å²) >= 11 is 0. The summed E-state index contributed by atoms with van der Waals surface area (Å²) in [4.78, 5) is 26.3. The molecule has 0 spiro atoms. The highest BCUT2D eigenvalue weighted by molar-refractivity contribution is 7.93. The Bertz CT molecular complexity index is 1040. The van der Waals surface area contributed by atoms with E-state index < -0.39 is 10.0 Å². The number of carbonyl (C=O) groups is 2. The molecule has 2 aromatic carbocycles. The largest absolute Gasteiger partial charge is 0.322 e. The molecule has 0 saturated carbocycles. The third kappa shape index (κ3) is 3.60. The van der Waals surface area contributed by atoms with Crippen LogP contribution in [-0.2, 0) is 14.8 Å². The van der Waals surface area contributed by atoms with Gasteiger partial charge in [-0.25, -0.2) is 8.42 Å². The highest BCUT2D eigenvalue weighted by atomic mass is 32.2. The van der Waals surface area contributed by atoms with Crippen LogP contribution >= 0.6 is 0 Å². The minimum atomic E-state index is -3.27. The fraction of sp³-hybridized carbons (Fsp3) is 0.300. The minimum Gasteiger partial charge on any atom is -0.322 e. The van der Waals surface area contributed by atoms with Gasteiger partial charge in [-0.2, -0.15) is 0 Å². The summed E-state index contributed by atoms with van der Waals surface area (Å²) in [6.45, 7) is 1.11. The second kappa shape index (κ2) is 7.27. The molecule has 28 heavy (non-hydrogen) atoms. The lowest BCUT2D eigenvalue weighted by atomic mass is 10.1. The molecule has 0 aromatic heterocycles. The van der Waals surface area contributed by atoms with Gasteiger partial charge in [0.2, 0.25) is 15.9 Å². The zero-order chi connectivity index (χ0) is 19.7. The Kier molecular flexibility index (Phi) is 4.80. The average Bonchev–Trinajstić information content (AvgIpc) is 3.26. The van der Waals surface area contributed by atoms with Gasteiger partial charge in [-0.15, -0.1) is 0 Å². The molecule has 2 heterocycles. The van der Waals surface area contributed by atoms with Crippen molar-refractivity contribution in [1.82, 2.24) is 0 Å². The number of anilines is 3. The van der Waals surface area contributed by atoms with Crippen molar-refractivity contribution in [3.05, 3.63) is 54.1 Å². The fourth-order valence-electron chi connectivity index (χ4n) is 3.61. The quantitative estimate of drug-likeness (QED) is 0.856. The van der Waals surface area contributed by atoms with Gasteiger partial charge in [0.05, 0.1) is 11.4 Å². The van der Waals surface area contributed by atoms with Gasteiger partial charge in [0.15, 0.2) is 0 Å². The number of amides is 2. The summed E-state index contributed by atoms with van der Waals surface area (Å²) in [5.74, 6) is -0.0991. The SMILES string of the molecule is O=C(Nc1cccc(N2CCCS2(=O)=O)c1)c1cccc(N2CCCC2=O)c1. The third-order valence-corrected chi connectivity index (χ3v) is 6.85. The van der Waals surface area contributed by atoms with Crippen LogP contribution in [0.1, 0.15) is 29.6 Å². The number of rotatable bonds is 4. The Balaban J connectivity index is 1.53. The van der Waals surface area contributed by atoms with Crippen LogP contribution in [0.2, 0.25) is 0 Å². The van der Waals surface area contributed by atoms with Gasteiger partial charge in [-0.1, -0.05) is 12.1 Å². The van der Waals surface area contributed by atoms with E-state index in [1.807, 2.05) is 6.07 Å². The van der Waals surface area contributed by atoms with Crippen molar-refractivity contribution in [3.8, 4) is 0 Å². The molecule has 8 heteroatoms. The Labute approximate surface area is 164 Å². The van der Waals surface area contributed by atoms with Gasteiger partial charge in [0.25, 0.3) is 5.91 Å². The normalized spacial score (nSPS) is 18.5. The number of sulfonamides is 1. The van der Waals surface area contributed by atoms with Gasteiger partial charge < -0.3 is 10.2 Å². The lowest BCUT2D eigenvalue weighted by Gasteiger charge is -2.18. The van der Waals surface area contributed by atoms with E-state index in [2.05, 4.69) is 5.32 Å². The molecule has 2 amide bonds. The zero-order valence-corrected chi connectivity index (χ0v) is 16.1. The second-order valence-electron chi connectivity index (χ2n) is 6.95. The van der Waals surface area contributed by atoms with Gasteiger partial charge in [-0.05, 0) is 49.2 Å². The number of hydrogen-bond donors (Lipinski definition) is 1. The van der Waals surface area contributed by atoms with Gasteiger partial charge >= 0.3 is 0 Å². The summed E-state index contributed by atoms with van der Waals surface area (Å²) in [5.41, 5.74) is 2.22. The summed E-state index contributed by atoms with van der Waals surface area (Å²) in [7, 11) is -3.27. The molecule has 4 rings (SSSR count). The molecule has 146 valence electrons. The smallest absolute Gasteiger partial charge is 0.255 e. The maximum Gasteiger partial charge on any atom is 0.255 e. The van der Waals surface area contributed by atoms with Gasteiger partial charge in [0.1, 0.15) is 0 Å². The van der Waals surface area contributed by atoms with Crippen molar-refractivity contribution in [2.24, 2.45) is 0 Å². The molecule has 0 aliphatic carbocycles. The van der Waals surface area contributed by atoms with Crippen molar-refractivity contribution in [2.45, 2.75) is 19.3 Å². The number of nitrogens with zero attached hydrogens (tertiary/aromatic N) is 2. The molecule has 2 fully saturated rings. The predicted molar refractivity (Wildman–Crippen MR) is 108 cm³/mol. The third-order valence-electron chi connectivity index (χ3n) is 4.98. The molecule has 0 bridgehead atoms. The van der Waals surface area contributed by atoms with Crippen LogP contribution in [0.5, 0.6) is 0 Å². The number of hydrogen-bond acceptors (Lipinski definition) is 4. The Morgan fingerprint density at radius 1 is 0.964 bits per heavy atom. The monoisotopic (exact) mass is 399 g/mol. The summed E-state index contributed by atoms with van der Waals surface area (Å²) in [6.07, 6.45) is 1.95. The first kappa shape index (κ1) is 18.5. The molecular weight excluding hydrogens is 378 g/mol. The minimum absolute atomic E-state index is 0.0667. The molecule has 2 saturated heterocycles. The predicted octanol–water partition coefficient (Wildman–Crippen LogP) is 2.61. The first-order valence-electron chi connectivity index (χ1n) is 9.26. The van der Waals surface area contributed by atoms with E-state index in [1.165, 1.54) is 4.31 Å². The molecule has 0 atom stereocenters. The highest BCUT2D eigenvalue weighted by Gasteiger charge is 2.28. The van der Waals surface area contributed by atoms with Crippen LogP contribution in [0.4, 0.5) is 17.1 Å². The van der Waals surface area contributed by atoms with E-state index in [1.54, 1.807) is 47.4 Å². The van der Waals surface area contributed by atoms with Crippen molar-refractivity contribution >= 4 is 38.9 Å². The van der Waals surface area contributed by atoms with Crippen LogP contribution in [0.15, 0.2) is 48.5 Å². The van der Waals surface area contributed by atoms with Crippen molar-refractivity contribution in [2.75, 3.05) is 33.4 Å². The number of benzene rings is 2. The first-order chi connectivity index (χ1) is 13.4. The second-order valence-corrected chi connectivity index (χ2v) is 8.96. The Morgan fingerprint density at radius 2 is 1.75 bits per heavy atom. The van der Waals surface area contributed by atoms with Gasteiger partial charge in [-0.3, -0.25) is 13.9 Å². The maximum absolute atomic E-state index is 12.7. The molecule has 1 N–H and O–H groups in total. The van der Waals surface area contributed by atoms with Crippen LogP contribution < -0.4 is 14.5 Å². The van der Waals surface area contributed by atoms with E-state index in [-0.39, 0.29) is 17.6 Å². The number of nitrogens with one attached hydrogen (secondary N) is 1. The topological polar surface area (TPSA) is 86.8 Å². The Morgan fingerprint density at radius 3 is 2.46 bits per heavy atom. The zero-order valence-electron chi connectivity index (χ0n) is 15.3. The molecule has 7 nitrogen and oxygen atoms in total. The first-order valence-corrected chi connectivity index (χ1v) is 10.9. The van der Waals surface area contributed by atoms with E-state index in [4.69, 9.17) is 0 Å². The van der Waals surface area contributed by atoms with E-state index in [9.17, 15) is 18.0 Å². The molecule has 0 unspecified atom stereocenters. The van der Waals surface area contributed by atoms with Gasteiger partial charge in [0, 0.05) is 36.4 Å². The molecule has 0 radical (unpaired) electrons. The van der Waals surface area contributed by atoms with Crippen molar-refractivity contribution in [3.63, 3.8) is 0 Å². The van der Waals surface area contributed by atoms with Crippen molar-refractivity contribution in [1.29, 1.82) is 0 Å². The summed E-state index contributed by atoms with van der Waals surface area (Å²) < 4.78 is 25.6.